The minimum atomic E-state index is -1.93. The number of carbonyl (C=O) groups is 6. The predicted octanol–water partition coefficient (Wildman–Crippen LogP) is 4.45. The average Bonchev–Trinajstić information content (AvgIpc) is 3.37. The molecular formula is C42H48O14. The Balaban J connectivity index is 1.77. The predicted molar refractivity (Wildman–Crippen MR) is 194 cm³/mol. The standard InChI is InChI=1S/C42H48O14/c1-22-29(51-23(2)43)20-41(39(6,7)49)32(22)33(53-25(4)45)35(54-37(47)27-15-11-9-12-16-27)40(8)30(52-24(3)44)19-31-42(21-50-31,56-26(5)46)34(40)36(41)55-38(48)28-17-13-10-14-18-28/h9-18,29-31,33-36,49H,19-21H2,1-8H3. The molecule has 2 saturated carbocycles. The number of rotatable bonds is 9. The zero-order valence-electron chi connectivity index (χ0n) is 32.7. The van der Waals surface area contributed by atoms with Gasteiger partial charge in [-0.2, -0.15) is 0 Å². The fraction of sp³-hybridized carbons (Fsp3) is 0.524. The summed E-state index contributed by atoms with van der Waals surface area (Å²) in [5.74, 6) is -5.90. The molecule has 1 N–H and O–H groups in total. The topological polar surface area (TPSA) is 187 Å². The van der Waals surface area contributed by atoms with Crippen molar-refractivity contribution < 1.29 is 67.0 Å². The molecule has 0 radical (unpaired) electrons. The lowest BCUT2D eigenvalue weighted by Crippen LogP contribution is -2.79. The van der Waals surface area contributed by atoms with Crippen LogP contribution in [0.25, 0.3) is 0 Å². The molecular weight excluding hydrogens is 728 g/mol. The van der Waals surface area contributed by atoms with Gasteiger partial charge in [0.2, 0.25) is 0 Å². The summed E-state index contributed by atoms with van der Waals surface area (Å²) >= 11 is 0. The molecule has 0 amide bonds. The van der Waals surface area contributed by atoms with E-state index < -0.39 is 100 Å². The van der Waals surface area contributed by atoms with Crippen LogP contribution in [0.3, 0.4) is 0 Å². The average molecular weight is 777 g/mol. The fourth-order valence-electron chi connectivity index (χ4n) is 9.86. The van der Waals surface area contributed by atoms with Crippen LogP contribution in [0.2, 0.25) is 0 Å². The monoisotopic (exact) mass is 776 g/mol. The van der Waals surface area contributed by atoms with E-state index in [-0.39, 0.29) is 36.1 Å². The first-order chi connectivity index (χ1) is 26.3. The maximum absolute atomic E-state index is 14.5. The van der Waals surface area contributed by atoms with Gasteiger partial charge in [0.05, 0.1) is 40.1 Å². The van der Waals surface area contributed by atoms with Crippen LogP contribution in [-0.2, 0) is 52.3 Å². The Hall–Kier alpha value is -5.08. The van der Waals surface area contributed by atoms with Crippen LogP contribution in [-0.4, -0.2) is 95.4 Å². The van der Waals surface area contributed by atoms with Crippen molar-refractivity contribution in [3.05, 3.63) is 82.9 Å². The summed E-state index contributed by atoms with van der Waals surface area (Å²) in [5, 5.41) is 12.7. The quantitative estimate of drug-likeness (QED) is 0.214. The second-order valence-corrected chi connectivity index (χ2v) is 15.9. The Labute approximate surface area is 324 Å². The van der Waals surface area contributed by atoms with Crippen molar-refractivity contribution in [2.45, 2.75) is 116 Å². The first-order valence-electron chi connectivity index (χ1n) is 18.6. The molecule has 1 aliphatic heterocycles. The van der Waals surface area contributed by atoms with Crippen LogP contribution in [0.15, 0.2) is 71.8 Å². The largest absolute Gasteiger partial charge is 0.462 e. The van der Waals surface area contributed by atoms with Gasteiger partial charge in [0.15, 0.2) is 17.8 Å². The van der Waals surface area contributed by atoms with E-state index in [2.05, 4.69) is 0 Å². The minimum absolute atomic E-state index is 0.0744. The molecule has 0 bridgehead atoms. The van der Waals surface area contributed by atoms with Crippen molar-refractivity contribution in [2.75, 3.05) is 6.61 Å². The Morgan fingerprint density at radius 2 is 1.25 bits per heavy atom. The molecule has 1 heterocycles. The number of carbonyl (C=O) groups excluding carboxylic acids is 6. The molecule has 1 saturated heterocycles. The van der Waals surface area contributed by atoms with Crippen LogP contribution in [0, 0.1) is 16.7 Å². The molecule has 10 atom stereocenters. The Bertz CT molecular complexity index is 1930. The lowest BCUT2D eigenvalue weighted by Gasteiger charge is -2.65. The van der Waals surface area contributed by atoms with Crippen molar-refractivity contribution in [1.29, 1.82) is 0 Å². The minimum Gasteiger partial charge on any atom is -0.462 e. The molecule has 14 nitrogen and oxygen atoms in total. The lowest BCUT2D eigenvalue weighted by molar-refractivity contribution is -0.351. The van der Waals surface area contributed by atoms with Gasteiger partial charge in [-0.15, -0.1) is 0 Å². The Morgan fingerprint density at radius 3 is 1.70 bits per heavy atom. The zero-order valence-corrected chi connectivity index (χ0v) is 32.7. The second-order valence-electron chi connectivity index (χ2n) is 15.9. The van der Waals surface area contributed by atoms with Gasteiger partial charge < -0.3 is 38.3 Å². The van der Waals surface area contributed by atoms with Gasteiger partial charge in [0.1, 0.15) is 24.4 Å². The van der Waals surface area contributed by atoms with Crippen LogP contribution >= 0.6 is 0 Å². The summed E-state index contributed by atoms with van der Waals surface area (Å²) in [6.07, 6.45) is -8.25. The van der Waals surface area contributed by atoms with Crippen molar-refractivity contribution >= 4 is 35.8 Å². The number of aliphatic hydroxyl groups is 1. The normalized spacial score (nSPS) is 33.2. The molecule has 2 aromatic rings. The van der Waals surface area contributed by atoms with Crippen LogP contribution in [0.5, 0.6) is 0 Å². The Morgan fingerprint density at radius 1 is 0.732 bits per heavy atom. The molecule has 56 heavy (non-hydrogen) atoms. The van der Waals surface area contributed by atoms with Gasteiger partial charge in [0, 0.05) is 40.5 Å². The van der Waals surface area contributed by atoms with Gasteiger partial charge in [0.25, 0.3) is 0 Å². The van der Waals surface area contributed by atoms with Gasteiger partial charge in [-0.05, 0) is 56.2 Å². The maximum Gasteiger partial charge on any atom is 0.338 e. The SMILES string of the molecule is CC(=O)OC1CC2(C(C)(C)O)C(=C1C)C(OC(C)=O)C(OC(=O)c1ccccc1)C1(C)C(OC(C)=O)CC3OCC3(OC(C)=O)C1C2OC(=O)c1ccccc1. The second kappa shape index (κ2) is 14.8. The molecule has 0 aromatic heterocycles. The summed E-state index contributed by atoms with van der Waals surface area (Å²) in [6, 6.07) is 16.1. The fourth-order valence-corrected chi connectivity index (χ4v) is 9.86. The molecule has 14 heteroatoms. The molecule has 3 aliphatic carbocycles. The third-order valence-electron chi connectivity index (χ3n) is 12.1. The number of fused-ring (bicyclic) bond motifs is 4. The van der Waals surface area contributed by atoms with Gasteiger partial charge >= 0.3 is 35.8 Å². The van der Waals surface area contributed by atoms with Crippen molar-refractivity contribution in [2.24, 2.45) is 16.7 Å². The number of esters is 6. The van der Waals surface area contributed by atoms with Crippen LogP contribution in [0.4, 0.5) is 0 Å². The molecule has 0 spiro atoms. The van der Waals surface area contributed by atoms with E-state index >= 15 is 0 Å². The highest BCUT2D eigenvalue weighted by molar-refractivity contribution is 5.90. The van der Waals surface area contributed by atoms with Gasteiger partial charge in [-0.1, -0.05) is 43.3 Å². The van der Waals surface area contributed by atoms with Gasteiger partial charge in [-0.25, -0.2) is 9.59 Å². The third-order valence-corrected chi connectivity index (χ3v) is 12.1. The summed E-state index contributed by atoms with van der Waals surface area (Å²) < 4.78 is 43.8. The number of hydrogen-bond donors (Lipinski definition) is 1. The van der Waals surface area contributed by atoms with E-state index in [9.17, 15) is 33.9 Å². The highest BCUT2D eigenvalue weighted by atomic mass is 16.6. The molecule has 3 fully saturated rings. The first kappa shape index (κ1) is 40.6. The van der Waals surface area contributed by atoms with Crippen LogP contribution in [0.1, 0.15) is 88.9 Å². The highest BCUT2D eigenvalue weighted by Gasteiger charge is 2.81. The van der Waals surface area contributed by atoms with Gasteiger partial charge in [-0.3, -0.25) is 19.2 Å². The lowest BCUT2D eigenvalue weighted by atomic mass is 9.49. The molecule has 4 aliphatic rings. The highest BCUT2D eigenvalue weighted by Crippen LogP contribution is 2.69. The number of ether oxygens (including phenoxy) is 7. The summed E-state index contributed by atoms with van der Waals surface area (Å²) in [5.41, 5.74) is -6.40. The van der Waals surface area contributed by atoms with E-state index in [1.807, 2.05) is 0 Å². The molecule has 300 valence electrons. The van der Waals surface area contributed by atoms with Crippen molar-refractivity contribution in [1.82, 2.24) is 0 Å². The van der Waals surface area contributed by atoms with E-state index in [0.29, 0.717) is 5.57 Å². The van der Waals surface area contributed by atoms with E-state index in [4.69, 9.17) is 33.2 Å². The zero-order chi connectivity index (χ0) is 41.0. The summed E-state index contributed by atoms with van der Waals surface area (Å²) in [6.45, 7) is 10.8. The van der Waals surface area contributed by atoms with E-state index in [0.717, 1.165) is 6.92 Å². The summed E-state index contributed by atoms with van der Waals surface area (Å²) in [7, 11) is 0. The van der Waals surface area contributed by atoms with E-state index in [1.54, 1.807) is 62.4 Å². The maximum atomic E-state index is 14.5. The van der Waals surface area contributed by atoms with Crippen molar-refractivity contribution in [3.8, 4) is 0 Å². The third kappa shape index (κ3) is 6.66. The van der Waals surface area contributed by atoms with E-state index in [1.165, 1.54) is 46.8 Å². The number of benzene rings is 2. The molecule has 2 aromatic carbocycles. The molecule has 6 rings (SSSR count). The number of hydrogen-bond acceptors (Lipinski definition) is 14. The smallest absolute Gasteiger partial charge is 0.338 e. The van der Waals surface area contributed by atoms with Crippen molar-refractivity contribution in [3.63, 3.8) is 0 Å². The van der Waals surface area contributed by atoms with Crippen LogP contribution < -0.4 is 0 Å². The molecule has 10 unspecified atom stereocenters. The summed E-state index contributed by atoms with van der Waals surface area (Å²) in [4.78, 5) is 81.1. The first-order valence-corrected chi connectivity index (χ1v) is 18.6. The Kier molecular flexibility index (Phi) is 10.7.